The quantitative estimate of drug-likeness (QED) is 0.895. The third-order valence-corrected chi connectivity index (χ3v) is 5.30. The molecule has 1 aromatic carbocycles. The highest BCUT2D eigenvalue weighted by Crippen LogP contribution is 2.40. The van der Waals surface area contributed by atoms with Crippen LogP contribution >= 0.6 is 0 Å². The molecule has 5 heteroatoms. The van der Waals surface area contributed by atoms with Gasteiger partial charge >= 0.3 is 0 Å². The van der Waals surface area contributed by atoms with E-state index in [4.69, 9.17) is 9.47 Å². The monoisotopic (exact) mass is 352 g/mol. The minimum Gasteiger partial charge on any atom is -0.486 e. The van der Waals surface area contributed by atoms with Gasteiger partial charge in [0.05, 0.1) is 5.92 Å². The molecule has 0 bridgehead atoms. The lowest BCUT2D eigenvalue weighted by atomic mass is 9.84. The first-order valence-electron chi connectivity index (χ1n) is 9.37. The van der Waals surface area contributed by atoms with Gasteiger partial charge < -0.3 is 14.8 Å². The van der Waals surface area contributed by atoms with Gasteiger partial charge in [0.15, 0.2) is 11.5 Å². The molecule has 1 atom stereocenters. The fraction of sp³-hybridized carbons (Fsp3) is 0.429. The molecule has 1 aliphatic carbocycles. The summed E-state index contributed by atoms with van der Waals surface area (Å²) in [6, 6.07) is 9.79. The van der Waals surface area contributed by atoms with Crippen LogP contribution in [0, 0.1) is 5.92 Å². The summed E-state index contributed by atoms with van der Waals surface area (Å²) in [6.07, 6.45) is 8.09. The Morgan fingerprint density at radius 1 is 1.08 bits per heavy atom. The number of hydrogen-bond donors (Lipinski definition) is 1. The maximum Gasteiger partial charge on any atom is 0.228 e. The van der Waals surface area contributed by atoms with Crippen molar-refractivity contribution in [3.8, 4) is 11.5 Å². The maximum absolute atomic E-state index is 13.1. The lowest BCUT2D eigenvalue weighted by molar-refractivity contribution is -0.123. The molecule has 136 valence electrons. The summed E-state index contributed by atoms with van der Waals surface area (Å²) in [6.45, 7) is 1.65. The third-order valence-electron chi connectivity index (χ3n) is 5.30. The third kappa shape index (κ3) is 3.66. The molecule has 1 amide bonds. The van der Waals surface area contributed by atoms with Crippen LogP contribution in [0.5, 0.6) is 11.5 Å². The van der Waals surface area contributed by atoms with Gasteiger partial charge in [-0.3, -0.25) is 9.78 Å². The topological polar surface area (TPSA) is 60.5 Å². The van der Waals surface area contributed by atoms with E-state index in [0.29, 0.717) is 25.7 Å². The van der Waals surface area contributed by atoms with E-state index < -0.39 is 0 Å². The summed E-state index contributed by atoms with van der Waals surface area (Å²) >= 11 is 0. The Morgan fingerprint density at radius 2 is 1.81 bits per heavy atom. The highest BCUT2D eigenvalue weighted by molar-refractivity contribution is 5.84. The van der Waals surface area contributed by atoms with Gasteiger partial charge in [-0.15, -0.1) is 0 Å². The molecule has 0 radical (unpaired) electrons. The van der Waals surface area contributed by atoms with Crippen LogP contribution in [-0.4, -0.2) is 24.1 Å². The number of pyridine rings is 1. The second-order valence-corrected chi connectivity index (χ2v) is 7.00. The largest absolute Gasteiger partial charge is 0.486 e. The number of ether oxygens (including phenoxy) is 2. The van der Waals surface area contributed by atoms with Crippen molar-refractivity contribution in [2.45, 2.75) is 38.1 Å². The second kappa shape index (κ2) is 7.77. The lowest BCUT2D eigenvalue weighted by Gasteiger charge is -2.25. The molecule has 1 N–H and O–H groups in total. The van der Waals surface area contributed by atoms with Crippen LogP contribution in [0.2, 0.25) is 0 Å². The van der Waals surface area contributed by atoms with Crippen LogP contribution in [0.15, 0.2) is 42.7 Å². The summed E-state index contributed by atoms with van der Waals surface area (Å²) in [5, 5.41) is 3.12. The summed E-state index contributed by atoms with van der Waals surface area (Å²) in [4.78, 5) is 17.1. The summed E-state index contributed by atoms with van der Waals surface area (Å²) in [5.41, 5.74) is 2.08. The Morgan fingerprint density at radius 3 is 2.58 bits per heavy atom. The van der Waals surface area contributed by atoms with Gasteiger partial charge in [0.2, 0.25) is 5.91 Å². The average Bonchev–Trinajstić information content (AvgIpc) is 3.21. The van der Waals surface area contributed by atoms with E-state index in [1.165, 1.54) is 12.8 Å². The average molecular weight is 352 g/mol. The first-order valence-corrected chi connectivity index (χ1v) is 9.37. The minimum absolute atomic E-state index is 0.0883. The highest BCUT2D eigenvalue weighted by atomic mass is 16.6. The fourth-order valence-corrected chi connectivity index (χ4v) is 3.98. The zero-order chi connectivity index (χ0) is 17.8. The number of aromatic nitrogens is 1. The zero-order valence-corrected chi connectivity index (χ0v) is 14.8. The number of carbonyl (C=O) groups is 1. The molecule has 5 nitrogen and oxygen atoms in total. The molecule has 1 unspecified atom stereocenters. The first kappa shape index (κ1) is 16.9. The molecule has 2 heterocycles. The molecule has 1 aromatic heterocycles. The maximum atomic E-state index is 13.1. The Labute approximate surface area is 153 Å². The molecular weight excluding hydrogens is 328 g/mol. The van der Waals surface area contributed by atoms with Crippen molar-refractivity contribution in [1.82, 2.24) is 10.3 Å². The van der Waals surface area contributed by atoms with E-state index in [9.17, 15) is 4.79 Å². The molecule has 1 fully saturated rings. The van der Waals surface area contributed by atoms with Crippen molar-refractivity contribution in [3.63, 3.8) is 0 Å². The molecule has 0 saturated heterocycles. The Kier molecular flexibility index (Phi) is 5.04. The smallest absolute Gasteiger partial charge is 0.228 e. The van der Waals surface area contributed by atoms with Crippen LogP contribution in [0.1, 0.15) is 42.7 Å². The predicted molar refractivity (Wildman–Crippen MR) is 98.2 cm³/mol. The van der Waals surface area contributed by atoms with E-state index >= 15 is 0 Å². The molecular formula is C21H24N2O3. The van der Waals surface area contributed by atoms with E-state index in [1.807, 2.05) is 30.3 Å². The van der Waals surface area contributed by atoms with Crippen molar-refractivity contribution in [2.75, 3.05) is 13.2 Å². The molecule has 0 spiro atoms. The predicted octanol–water partition coefficient (Wildman–Crippen LogP) is 3.44. The number of fused-ring (bicyclic) bond motifs is 1. The van der Waals surface area contributed by atoms with Gasteiger partial charge in [0.25, 0.3) is 0 Å². The van der Waals surface area contributed by atoms with Gasteiger partial charge in [-0.2, -0.15) is 0 Å². The Hall–Kier alpha value is -2.56. The minimum atomic E-state index is -0.143. The number of benzene rings is 1. The van der Waals surface area contributed by atoms with Crippen molar-refractivity contribution in [2.24, 2.45) is 5.92 Å². The van der Waals surface area contributed by atoms with Crippen LogP contribution < -0.4 is 14.8 Å². The second-order valence-electron chi connectivity index (χ2n) is 7.00. The van der Waals surface area contributed by atoms with E-state index in [0.717, 1.165) is 35.5 Å². The van der Waals surface area contributed by atoms with Gasteiger partial charge in [0, 0.05) is 18.9 Å². The molecule has 1 saturated carbocycles. The van der Waals surface area contributed by atoms with Crippen LogP contribution in [-0.2, 0) is 11.3 Å². The van der Waals surface area contributed by atoms with Gasteiger partial charge in [0.1, 0.15) is 13.2 Å². The molecule has 1 aliphatic heterocycles. The van der Waals surface area contributed by atoms with Crippen LogP contribution in [0.4, 0.5) is 0 Å². The number of nitrogens with zero attached hydrogens (tertiary/aromatic N) is 1. The zero-order valence-electron chi connectivity index (χ0n) is 14.8. The van der Waals surface area contributed by atoms with E-state index in [-0.39, 0.29) is 11.8 Å². The van der Waals surface area contributed by atoms with Gasteiger partial charge in [-0.25, -0.2) is 0 Å². The summed E-state index contributed by atoms with van der Waals surface area (Å²) < 4.78 is 11.3. The van der Waals surface area contributed by atoms with Gasteiger partial charge in [-0.05, 0) is 54.2 Å². The summed E-state index contributed by atoms with van der Waals surface area (Å²) in [5.74, 6) is 1.84. The van der Waals surface area contributed by atoms with Gasteiger partial charge in [-0.1, -0.05) is 18.9 Å². The molecule has 4 rings (SSSR count). The normalized spacial score (nSPS) is 17.7. The molecule has 26 heavy (non-hydrogen) atoms. The number of nitrogens with one attached hydrogen (secondary N) is 1. The van der Waals surface area contributed by atoms with Crippen molar-refractivity contribution in [3.05, 3.63) is 53.9 Å². The van der Waals surface area contributed by atoms with Crippen LogP contribution in [0.25, 0.3) is 0 Å². The van der Waals surface area contributed by atoms with E-state index in [2.05, 4.69) is 10.3 Å². The van der Waals surface area contributed by atoms with E-state index in [1.54, 1.807) is 12.4 Å². The Balaban J connectivity index is 1.55. The lowest BCUT2D eigenvalue weighted by Crippen LogP contribution is -2.32. The van der Waals surface area contributed by atoms with Crippen molar-refractivity contribution >= 4 is 5.91 Å². The number of amides is 1. The Bertz CT molecular complexity index is 757. The highest BCUT2D eigenvalue weighted by Gasteiger charge is 2.32. The number of hydrogen-bond acceptors (Lipinski definition) is 4. The summed E-state index contributed by atoms with van der Waals surface area (Å²) in [7, 11) is 0. The number of rotatable bonds is 5. The standard InChI is InChI=1S/C21H24N2O3/c24-21(23-14-15-7-9-22-10-8-15)20(16-3-1-2-4-16)17-5-6-18-19(13-17)26-12-11-25-18/h5-10,13,16,20H,1-4,11-12,14H2,(H,23,24). The SMILES string of the molecule is O=C(NCc1ccncc1)C(c1ccc2c(c1)OCCO2)C1CCCC1. The fourth-order valence-electron chi connectivity index (χ4n) is 3.98. The van der Waals surface area contributed by atoms with Crippen molar-refractivity contribution < 1.29 is 14.3 Å². The first-order chi connectivity index (χ1) is 12.8. The molecule has 2 aliphatic rings. The number of carbonyl (C=O) groups excluding carboxylic acids is 1. The molecule has 2 aromatic rings. The van der Waals surface area contributed by atoms with Crippen molar-refractivity contribution in [1.29, 1.82) is 0 Å². The van der Waals surface area contributed by atoms with Crippen LogP contribution in [0.3, 0.4) is 0 Å².